The zero-order valence-corrected chi connectivity index (χ0v) is 14.8. The van der Waals surface area contributed by atoms with E-state index in [1.807, 2.05) is 61.6 Å². The highest BCUT2D eigenvalue weighted by atomic mass is 32.2. The number of hydrogen-bond donors (Lipinski definition) is 0. The van der Waals surface area contributed by atoms with Crippen LogP contribution < -0.4 is 0 Å². The van der Waals surface area contributed by atoms with E-state index in [0.29, 0.717) is 12.1 Å². The van der Waals surface area contributed by atoms with Crippen molar-refractivity contribution in [1.82, 2.24) is 14.9 Å². The van der Waals surface area contributed by atoms with E-state index in [-0.39, 0.29) is 5.91 Å². The molecule has 0 N–H and O–H groups in total. The van der Waals surface area contributed by atoms with Gasteiger partial charge in [-0.05, 0) is 36.4 Å². The third-order valence-electron chi connectivity index (χ3n) is 3.74. The summed E-state index contributed by atoms with van der Waals surface area (Å²) in [6.07, 6.45) is 4.22. The van der Waals surface area contributed by atoms with Crippen LogP contribution in [0.5, 0.6) is 0 Å². The molecule has 2 heterocycles. The van der Waals surface area contributed by atoms with Crippen LogP contribution >= 0.6 is 11.8 Å². The molecule has 0 saturated heterocycles. The molecule has 1 amide bonds. The number of carbonyl (C=O) groups is 1. The van der Waals surface area contributed by atoms with Gasteiger partial charge >= 0.3 is 0 Å². The van der Waals surface area contributed by atoms with Crippen molar-refractivity contribution in [2.24, 2.45) is 0 Å². The van der Waals surface area contributed by atoms with E-state index in [4.69, 9.17) is 0 Å². The maximum atomic E-state index is 12.8. The second-order valence-electron chi connectivity index (χ2n) is 5.57. The summed E-state index contributed by atoms with van der Waals surface area (Å²) in [5.74, 6) is -0.0255. The number of likely N-dealkylation sites (N-methyl/N-ethyl adjacent to an activating group) is 1. The summed E-state index contributed by atoms with van der Waals surface area (Å²) in [6, 6.07) is 19.4. The van der Waals surface area contributed by atoms with Crippen molar-refractivity contribution >= 4 is 17.7 Å². The number of hydrogen-bond acceptors (Lipinski definition) is 4. The average Bonchev–Trinajstić information content (AvgIpc) is 2.67. The van der Waals surface area contributed by atoms with Gasteiger partial charge in [-0.3, -0.25) is 9.78 Å². The van der Waals surface area contributed by atoms with Crippen LogP contribution in [0.4, 0.5) is 0 Å². The van der Waals surface area contributed by atoms with Gasteiger partial charge in [0, 0.05) is 43.0 Å². The molecular weight excluding hydrogens is 330 g/mol. The summed E-state index contributed by atoms with van der Waals surface area (Å²) in [5.41, 5.74) is 1.60. The molecule has 1 aromatic carbocycles. The fourth-order valence-electron chi connectivity index (χ4n) is 2.37. The van der Waals surface area contributed by atoms with Crippen molar-refractivity contribution in [2.45, 2.75) is 16.3 Å². The highest BCUT2D eigenvalue weighted by Gasteiger charge is 2.17. The van der Waals surface area contributed by atoms with Crippen LogP contribution in [0.25, 0.3) is 0 Å². The Morgan fingerprint density at radius 1 is 0.960 bits per heavy atom. The van der Waals surface area contributed by atoms with Crippen LogP contribution in [-0.2, 0) is 6.42 Å². The molecule has 0 fully saturated rings. The zero-order valence-electron chi connectivity index (χ0n) is 14.0. The molecule has 25 heavy (non-hydrogen) atoms. The molecule has 0 spiro atoms. The number of pyridine rings is 2. The molecule has 0 saturated carbocycles. The minimum absolute atomic E-state index is 0.0255. The number of benzene rings is 1. The molecular formula is C20H19N3OS. The van der Waals surface area contributed by atoms with Gasteiger partial charge < -0.3 is 4.90 Å². The van der Waals surface area contributed by atoms with Gasteiger partial charge in [0.1, 0.15) is 5.03 Å². The molecule has 0 radical (unpaired) electrons. The van der Waals surface area contributed by atoms with E-state index in [2.05, 4.69) is 9.97 Å². The molecule has 0 aliphatic heterocycles. The first kappa shape index (κ1) is 17.2. The molecule has 2 aromatic heterocycles. The lowest BCUT2D eigenvalue weighted by molar-refractivity contribution is 0.0792. The van der Waals surface area contributed by atoms with E-state index in [1.165, 1.54) is 11.8 Å². The summed E-state index contributed by atoms with van der Waals surface area (Å²) in [4.78, 5) is 24.3. The van der Waals surface area contributed by atoms with Crippen LogP contribution in [0, 0.1) is 0 Å². The van der Waals surface area contributed by atoms with Gasteiger partial charge in [-0.25, -0.2) is 4.98 Å². The Kier molecular flexibility index (Phi) is 5.80. The van der Waals surface area contributed by atoms with Gasteiger partial charge in [-0.15, -0.1) is 0 Å². The van der Waals surface area contributed by atoms with Gasteiger partial charge in [0.05, 0.1) is 5.56 Å². The number of carbonyl (C=O) groups excluding carboxylic acids is 1. The molecule has 0 bridgehead atoms. The van der Waals surface area contributed by atoms with E-state index in [9.17, 15) is 4.79 Å². The highest BCUT2D eigenvalue weighted by Crippen LogP contribution is 2.28. The molecule has 5 heteroatoms. The van der Waals surface area contributed by atoms with Gasteiger partial charge in [-0.1, -0.05) is 36.0 Å². The van der Waals surface area contributed by atoms with Crippen LogP contribution in [0.2, 0.25) is 0 Å². The first-order valence-corrected chi connectivity index (χ1v) is 8.89. The molecule has 3 aromatic rings. The largest absolute Gasteiger partial charge is 0.341 e. The van der Waals surface area contributed by atoms with Crippen LogP contribution in [-0.4, -0.2) is 34.4 Å². The molecule has 4 nitrogen and oxygen atoms in total. The summed E-state index contributed by atoms with van der Waals surface area (Å²) >= 11 is 1.50. The van der Waals surface area contributed by atoms with E-state index in [0.717, 1.165) is 22.0 Å². The van der Waals surface area contributed by atoms with Gasteiger partial charge in [0.25, 0.3) is 5.91 Å². The smallest absolute Gasteiger partial charge is 0.256 e. The number of nitrogens with zero attached hydrogens (tertiary/aromatic N) is 3. The predicted molar refractivity (Wildman–Crippen MR) is 99.7 cm³/mol. The Labute approximate surface area is 151 Å². The number of aromatic nitrogens is 2. The molecule has 3 rings (SSSR count). The Hall–Kier alpha value is -2.66. The fraction of sp³-hybridized carbons (Fsp3) is 0.150. The number of amides is 1. The fourth-order valence-corrected chi connectivity index (χ4v) is 3.27. The first-order chi connectivity index (χ1) is 12.2. The maximum Gasteiger partial charge on any atom is 0.256 e. The molecule has 0 unspecified atom stereocenters. The lowest BCUT2D eigenvalue weighted by Crippen LogP contribution is -2.29. The Balaban J connectivity index is 1.71. The van der Waals surface area contributed by atoms with Crippen molar-refractivity contribution < 1.29 is 4.79 Å². The molecule has 0 atom stereocenters. The van der Waals surface area contributed by atoms with Crippen LogP contribution in [0.15, 0.2) is 83.0 Å². The lowest BCUT2D eigenvalue weighted by Gasteiger charge is -2.18. The highest BCUT2D eigenvalue weighted by molar-refractivity contribution is 7.99. The quantitative estimate of drug-likeness (QED) is 0.676. The Morgan fingerprint density at radius 3 is 2.48 bits per heavy atom. The summed E-state index contributed by atoms with van der Waals surface area (Å²) in [7, 11) is 1.81. The average molecular weight is 349 g/mol. The van der Waals surface area contributed by atoms with Crippen LogP contribution in [0.1, 0.15) is 16.1 Å². The topological polar surface area (TPSA) is 46.1 Å². The van der Waals surface area contributed by atoms with Gasteiger partial charge in [0.2, 0.25) is 0 Å². The summed E-state index contributed by atoms with van der Waals surface area (Å²) < 4.78 is 0. The van der Waals surface area contributed by atoms with Crippen molar-refractivity contribution in [1.29, 1.82) is 0 Å². The summed E-state index contributed by atoms with van der Waals surface area (Å²) in [5, 5.41) is 0.725. The van der Waals surface area contributed by atoms with Crippen molar-refractivity contribution in [3.05, 3.63) is 84.3 Å². The normalized spacial score (nSPS) is 10.4. The third kappa shape index (κ3) is 4.67. The third-order valence-corrected chi connectivity index (χ3v) is 4.76. The maximum absolute atomic E-state index is 12.8. The van der Waals surface area contributed by atoms with Crippen LogP contribution in [0.3, 0.4) is 0 Å². The second-order valence-corrected chi connectivity index (χ2v) is 6.63. The predicted octanol–water partition coefficient (Wildman–Crippen LogP) is 3.94. The van der Waals surface area contributed by atoms with Crippen molar-refractivity contribution in [3.63, 3.8) is 0 Å². The van der Waals surface area contributed by atoms with E-state index < -0.39 is 0 Å². The minimum atomic E-state index is -0.0255. The summed E-state index contributed by atoms with van der Waals surface area (Å²) in [6.45, 7) is 0.611. The monoisotopic (exact) mass is 349 g/mol. The Morgan fingerprint density at radius 2 is 1.72 bits per heavy atom. The minimum Gasteiger partial charge on any atom is -0.341 e. The van der Waals surface area contributed by atoms with Crippen molar-refractivity contribution in [2.75, 3.05) is 13.6 Å². The second kappa shape index (κ2) is 8.44. The van der Waals surface area contributed by atoms with Gasteiger partial charge in [0.15, 0.2) is 0 Å². The molecule has 126 valence electrons. The number of rotatable bonds is 6. The standard InChI is InChI=1S/C20H19N3OS/c1-23(15-12-16-8-5-6-13-21-16)20(24)18-11-7-14-22-19(18)25-17-9-3-2-4-10-17/h2-11,13-14H,12,15H2,1H3. The SMILES string of the molecule is CN(CCc1ccccn1)C(=O)c1cccnc1Sc1ccccc1. The first-order valence-electron chi connectivity index (χ1n) is 8.07. The van der Waals surface area contributed by atoms with Crippen molar-refractivity contribution in [3.8, 4) is 0 Å². The molecule has 0 aliphatic carbocycles. The van der Waals surface area contributed by atoms with Gasteiger partial charge in [-0.2, -0.15) is 0 Å². The van der Waals surface area contributed by atoms with E-state index >= 15 is 0 Å². The zero-order chi connectivity index (χ0) is 17.5. The van der Waals surface area contributed by atoms with E-state index in [1.54, 1.807) is 23.4 Å². The Bertz CT molecular complexity index is 825. The molecule has 0 aliphatic rings. The lowest BCUT2D eigenvalue weighted by atomic mass is 10.2.